The molecule has 1 saturated carbocycles. The summed E-state index contributed by atoms with van der Waals surface area (Å²) in [5.74, 6) is -1.61. The van der Waals surface area contributed by atoms with Crippen LogP contribution in [0.15, 0.2) is 36.4 Å². The number of carbonyl (C=O) groups is 4. The molecule has 10 nitrogen and oxygen atoms in total. The molecule has 2 heterocycles. The number of ether oxygens (including phenoxy) is 1. The molecule has 39 heavy (non-hydrogen) atoms. The van der Waals surface area contributed by atoms with Crippen molar-refractivity contribution in [1.29, 1.82) is 0 Å². The van der Waals surface area contributed by atoms with Crippen LogP contribution in [-0.2, 0) is 23.9 Å². The Hall–Kier alpha value is -3.79. The van der Waals surface area contributed by atoms with Crippen LogP contribution in [0, 0.1) is 5.92 Å². The van der Waals surface area contributed by atoms with Crippen molar-refractivity contribution in [2.75, 3.05) is 6.54 Å². The number of benzene rings is 1. The van der Waals surface area contributed by atoms with Gasteiger partial charge in [-0.2, -0.15) is 0 Å². The van der Waals surface area contributed by atoms with E-state index < -0.39 is 30.1 Å². The predicted octanol–water partition coefficient (Wildman–Crippen LogP) is 2.79. The van der Waals surface area contributed by atoms with Gasteiger partial charge < -0.3 is 15.4 Å². The van der Waals surface area contributed by atoms with Crippen LogP contribution in [0.5, 0.6) is 0 Å². The first-order valence-corrected chi connectivity index (χ1v) is 13.5. The van der Waals surface area contributed by atoms with Crippen LogP contribution in [0.2, 0.25) is 0 Å². The van der Waals surface area contributed by atoms with Crippen molar-refractivity contribution < 1.29 is 23.9 Å². The van der Waals surface area contributed by atoms with Crippen molar-refractivity contribution in [1.82, 2.24) is 26.1 Å². The van der Waals surface area contributed by atoms with Crippen molar-refractivity contribution in [2.24, 2.45) is 5.92 Å². The lowest BCUT2D eigenvalue weighted by molar-refractivity contribution is -0.156. The normalized spacial score (nSPS) is 19.8. The molecule has 2 aromatic rings. The lowest BCUT2D eigenvalue weighted by atomic mass is 10.1. The second-order valence-electron chi connectivity index (χ2n) is 10.3. The Balaban J connectivity index is 1.34. The lowest BCUT2D eigenvalue weighted by Crippen LogP contribution is -2.61. The smallest absolute Gasteiger partial charge is 0.303 e. The third-order valence-electron chi connectivity index (χ3n) is 7.00. The first kappa shape index (κ1) is 28.2. The van der Waals surface area contributed by atoms with E-state index in [9.17, 15) is 19.2 Å². The molecule has 1 aliphatic heterocycles. The summed E-state index contributed by atoms with van der Waals surface area (Å²) in [6.07, 6.45) is 5.92. The molecule has 208 valence electrons. The van der Waals surface area contributed by atoms with Crippen LogP contribution in [0.1, 0.15) is 70.7 Å². The minimum Gasteiger partial charge on any atom is -0.452 e. The summed E-state index contributed by atoms with van der Waals surface area (Å²) in [6.45, 7) is 7.10. The number of hydrogen-bond acceptors (Lipinski definition) is 7. The molecule has 0 radical (unpaired) electrons. The molecular formula is C29H37N5O5. The molecule has 0 unspecified atom stereocenters. The van der Waals surface area contributed by atoms with E-state index in [1.807, 2.05) is 56.3 Å². The maximum absolute atomic E-state index is 13.1. The number of hydrogen-bond donors (Lipinski definition) is 3. The molecule has 3 amide bonds. The summed E-state index contributed by atoms with van der Waals surface area (Å²) >= 11 is 0. The third kappa shape index (κ3) is 7.20. The van der Waals surface area contributed by atoms with Gasteiger partial charge >= 0.3 is 5.97 Å². The average Bonchev–Trinajstić information content (AvgIpc) is 3.76. The number of nitrogens with one attached hydrogen (secondary N) is 3. The molecule has 1 aromatic carbocycles. The first-order chi connectivity index (χ1) is 18.7. The number of aromatic nitrogens is 1. The molecule has 1 aromatic heterocycles. The van der Waals surface area contributed by atoms with Gasteiger partial charge in [-0.3, -0.25) is 29.2 Å². The SMILES string of the molecule is C/C=C/c1ccc2ccc([C@@H](C)NC(=O)[C@@H]3CCCN(C(=O)[C@H](C)NC(=O)[C@@H](OC(C)=O)C4CC4)N3)nc2c1. The minimum atomic E-state index is -0.884. The van der Waals surface area contributed by atoms with Gasteiger partial charge in [-0.15, -0.1) is 0 Å². The fraction of sp³-hybridized carbons (Fsp3) is 0.483. The zero-order valence-corrected chi connectivity index (χ0v) is 22.9. The first-order valence-electron chi connectivity index (χ1n) is 13.5. The van der Waals surface area contributed by atoms with E-state index >= 15 is 0 Å². The van der Waals surface area contributed by atoms with Crippen LogP contribution in [-0.4, -0.2) is 58.4 Å². The Bertz CT molecular complexity index is 1270. The standard InChI is InChI=1S/C29H37N5O5/c1-5-7-20-9-10-21-13-14-23(32-25(21)16-20)17(2)30-27(36)24-8-6-15-34(33-24)29(38)18(3)31-28(37)26(22-11-12-22)39-19(4)35/h5,7,9-10,13-14,16-18,22,24,26,33H,6,8,11-12,15H2,1-4H3,(H,30,36)(H,31,37)/b7-5+/t17-,18+,24+,26+/m1/s1. The highest BCUT2D eigenvalue weighted by atomic mass is 16.5. The molecule has 0 bridgehead atoms. The zero-order chi connectivity index (χ0) is 28.1. The van der Waals surface area contributed by atoms with Gasteiger partial charge in [0.2, 0.25) is 5.91 Å². The quantitative estimate of drug-likeness (QED) is 0.421. The molecule has 2 fully saturated rings. The van der Waals surface area contributed by atoms with Gasteiger partial charge in [0.05, 0.1) is 17.3 Å². The van der Waals surface area contributed by atoms with Crippen LogP contribution >= 0.6 is 0 Å². The van der Waals surface area contributed by atoms with Crippen LogP contribution in [0.4, 0.5) is 0 Å². The third-order valence-corrected chi connectivity index (χ3v) is 7.00. The maximum Gasteiger partial charge on any atom is 0.303 e. The van der Waals surface area contributed by atoms with Crippen molar-refractivity contribution in [2.45, 2.75) is 77.6 Å². The van der Waals surface area contributed by atoms with Crippen LogP contribution in [0.3, 0.4) is 0 Å². The van der Waals surface area contributed by atoms with Gasteiger partial charge in [0.15, 0.2) is 6.10 Å². The summed E-state index contributed by atoms with van der Waals surface area (Å²) in [5, 5.41) is 8.08. The Labute approximate surface area is 228 Å². The highest BCUT2D eigenvalue weighted by Gasteiger charge is 2.40. The van der Waals surface area contributed by atoms with Gasteiger partial charge in [0.25, 0.3) is 11.8 Å². The average molecular weight is 536 g/mol. The Morgan fingerprint density at radius 1 is 1.10 bits per heavy atom. The van der Waals surface area contributed by atoms with Crippen molar-refractivity contribution in [3.8, 4) is 0 Å². The van der Waals surface area contributed by atoms with Crippen LogP contribution < -0.4 is 16.1 Å². The van der Waals surface area contributed by atoms with E-state index in [4.69, 9.17) is 9.72 Å². The molecular weight excluding hydrogens is 498 g/mol. The van der Waals surface area contributed by atoms with E-state index in [0.717, 1.165) is 35.0 Å². The topological polar surface area (TPSA) is 130 Å². The number of esters is 1. The summed E-state index contributed by atoms with van der Waals surface area (Å²) < 4.78 is 5.17. The molecule has 1 aliphatic carbocycles. The van der Waals surface area contributed by atoms with Crippen molar-refractivity contribution >= 4 is 40.7 Å². The molecule has 4 atom stereocenters. The zero-order valence-electron chi connectivity index (χ0n) is 22.9. The summed E-state index contributed by atoms with van der Waals surface area (Å²) in [7, 11) is 0. The number of carbonyl (C=O) groups excluding carboxylic acids is 4. The van der Waals surface area contributed by atoms with Gasteiger partial charge in [-0.25, -0.2) is 5.43 Å². The lowest BCUT2D eigenvalue weighted by Gasteiger charge is -2.35. The van der Waals surface area contributed by atoms with Gasteiger partial charge in [-0.1, -0.05) is 30.4 Å². The van der Waals surface area contributed by atoms with Crippen LogP contribution in [0.25, 0.3) is 17.0 Å². The number of allylic oxidation sites excluding steroid dienone is 1. The van der Waals surface area contributed by atoms with E-state index in [1.165, 1.54) is 11.9 Å². The highest BCUT2D eigenvalue weighted by Crippen LogP contribution is 2.34. The summed E-state index contributed by atoms with van der Waals surface area (Å²) in [5.41, 5.74) is 5.67. The summed E-state index contributed by atoms with van der Waals surface area (Å²) in [6, 6.07) is 8.18. The van der Waals surface area contributed by atoms with Gasteiger partial charge in [0.1, 0.15) is 12.1 Å². The fourth-order valence-corrected chi connectivity index (χ4v) is 4.74. The summed E-state index contributed by atoms with van der Waals surface area (Å²) in [4.78, 5) is 55.0. The Morgan fingerprint density at radius 3 is 2.54 bits per heavy atom. The Kier molecular flexibility index (Phi) is 8.96. The largest absolute Gasteiger partial charge is 0.452 e. The van der Waals surface area contributed by atoms with E-state index in [2.05, 4.69) is 16.1 Å². The number of rotatable bonds is 9. The molecule has 1 saturated heterocycles. The maximum atomic E-state index is 13.1. The number of pyridine rings is 1. The van der Waals surface area contributed by atoms with Gasteiger partial charge in [-0.05, 0) is 64.2 Å². The molecule has 10 heteroatoms. The second kappa shape index (κ2) is 12.4. The van der Waals surface area contributed by atoms with Crippen molar-refractivity contribution in [3.63, 3.8) is 0 Å². The number of amides is 3. The van der Waals surface area contributed by atoms with Crippen molar-refractivity contribution in [3.05, 3.63) is 47.7 Å². The molecule has 2 aliphatic rings. The van der Waals surface area contributed by atoms with E-state index in [0.29, 0.717) is 19.4 Å². The van der Waals surface area contributed by atoms with Gasteiger partial charge in [0, 0.05) is 24.8 Å². The molecule has 0 spiro atoms. The Morgan fingerprint density at radius 2 is 1.85 bits per heavy atom. The highest BCUT2D eigenvalue weighted by molar-refractivity contribution is 5.91. The number of hydrazine groups is 1. The molecule has 4 rings (SSSR count). The van der Waals surface area contributed by atoms with E-state index in [-0.39, 0.29) is 23.8 Å². The minimum absolute atomic E-state index is 0.00768. The molecule has 3 N–H and O–H groups in total. The fourth-order valence-electron chi connectivity index (χ4n) is 4.74. The second-order valence-corrected chi connectivity index (χ2v) is 10.3. The predicted molar refractivity (Wildman–Crippen MR) is 147 cm³/mol. The number of nitrogens with zero attached hydrogens (tertiary/aromatic N) is 2. The monoisotopic (exact) mass is 535 g/mol. The van der Waals surface area contributed by atoms with E-state index in [1.54, 1.807) is 6.92 Å². The number of fused-ring (bicyclic) bond motifs is 1.